The Labute approximate surface area is 161 Å². The normalized spacial score (nSPS) is 13.0. The molecule has 144 valence electrons. The first kappa shape index (κ1) is 17.8. The standard InChI is InChI=1S/C19H21N7O2/c1-13-5-4-6-17(26-19(27)24(3)22-23-26)16(13)12-28-18-8-7-15(11-14(18)2)25-10-9-20-21-25/h4-11,20-21H,12H2,1-3H3. The van der Waals surface area contributed by atoms with Crippen LogP contribution in [0.2, 0.25) is 0 Å². The molecule has 1 aromatic heterocycles. The van der Waals surface area contributed by atoms with Crippen molar-refractivity contribution in [1.29, 1.82) is 0 Å². The molecule has 9 heteroatoms. The predicted molar refractivity (Wildman–Crippen MR) is 105 cm³/mol. The van der Waals surface area contributed by atoms with E-state index in [1.165, 1.54) is 9.36 Å². The smallest absolute Gasteiger partial charge is 0.368 e. The zero-order valence-corrected chi connectivity index (χ0v) is 15.9. The molecular formula is C19H21N7O2. The first-order chi connectivity index (χ1) is 13.5. The van der Waals surface area contributed by atoms with Crippen molar-refractivity contribution in [3.63, 3.8) is 0 Å². The number of benzene rings is 2. The van der Waals surface area contributed by atoms with Gasteiger partial charge in [0.15, 0.2) is 0 Å². The fourth-order valence-electron chi connectivity index (χ4n) is 3.04. The zero-order chi connectivity index (χ0) is 19.7. The molecule has 0 atom stereocenters. The molecular weight excluding hydrogens is 358 g/mol. The van der Waals surface area contributed by atoms with Crippen molar-refractivity contribution in [3.8, 4) is 11.4 Å². The summed E-state index contributed by atoms with van der Waals surface area (Å²) >= 11 is 0. The second kappa shape index (κ2) is 7.20. The van der Waals surface area contributed by atoms with Crippen LogP contribution in [0.25, 0.3) is 5.69 Å². The summed E-state index contributed by atoms with van der Waals surface area (Å²) in [5.74, 6) is 0.778. The van der Waals surface area contributed by atoms with Crippen LogP contribution in [0.5, 0.6) is 5.75 Å². The molecule has 9 nitrogen and oxygen atoms in total. The molecule has 1 aliphatic heterocycles. The molecule has 0 spiro atoms. The Hall–Kier alpha value is -3.59. The minimum absolute atomic E-state index is 0.299. The lowest BCUT2D eigenvalue weighted by Crippen LogP contribution is -2.35. The van der Waals surface area contributed by atoms with Gasteiger partial charge in [-0.3, -0.25) is 5.01 Å². The average Bonchev–Trinajstić information content (AvgIpc) is 3.33. The first-order valence-electron chi connectivity index (χ1n) is 8.83. The Morgan fingerprint density at radius 3 is 2.64 bits per heavy atom. The highest BCUT2D eigenvalue weighted by atomic mass is 16.5. The van der Waals surface area contributed by atoms with Gasteiger partial charge in [0.1, 0.15) is 12.4 Å². The Balaban J connectivity index is 1.59. The predicted octanol–water partition coefficient (Wildman–Crippen LogP) is 1.46. The van der Waals surface area contributed by atoms with E-state index in [9.17, 15) is 4.79 Å². The Morgan fingerprint density at radius 1 is 1.11 bits per heavy atom. The number of hydrogen-bond donors (Lipinski definition) is 2. The molecule has 2 aromatic carbocycles. The van der Waals surface area contributed by atoms with Crippen LogP contribution in [0.1, 0.15) is 16.7 Å². The maximum absolute atomic E-state index is 12.3. The third-order valence-corrected chi connectivity index (χ3v) is 4.64. The maximum Gasteiger partial charge on any atom is 0.368 e. The van der Waals surface area contributed by atoms with Gasteiger partial charge in [-0.25, -0.2) is 4.79 Å². The SMILES string of the molecule is Cc1cc(N2C=CNN2)ccc1OCc1c(C)cccc1-n1nnn(C)c1=O. The summed E-state index contributed by atoms with van der Waals surface area (Å²) < 4.78 is 8.58. The van der Waals surface area contributed by atoms with E-state index in [0.29, 0.717) is 12.3 Å². The summed E-state index contributed by atoms with van der Waals surface area (Å²) in [5.41, 5.74) is 10.2. The van der Waals surface area contributed by atoms with E-state index in [0.717, 1.165) is 28.1 Å². The maximum atomic E-state index is 12.3. The average molecular weight is 379 g/mol. The van der Waals surface area contributed by atoms with Crippen LogP contribution in [0, 0.1) is 13.8 Å². The van der Waals surface area contributed by atoms with Gasteiger partial charge >= 0.3 is 5.69 Å². The lowest BCUT2D eigenvalue weighted by atomic mass is 10.1. The van der Waals surface area contributed by atoms with Crippen LogP contribution in [0.4, 0.5) is 5.69 Å². The Morgan fingerprint density at radius 2 is 1.96 bits per heavy atom. The number of ether oxygens (including phenoxy) is 1. The van der Waals surface area contributed by atoms with Gasteiger partial charge in [0, 0.05) is 25.0 Å². The number of nitrogens with one attached hydrogen (secondary N) is 2. The molecule has 0 amide bonds. The Bertz CT molecular complexity index is 1100. The van der Waals surface area contributed by atoms with E-state index in [2.05, 4.69) is 21.4 Å². The molecule has 2 heterocycles. The van der Waals surface area contributed by atoms with Crippen LogP contribution < -0.4 is 26.4 Å². The number of rotatable bonds is 5. The number of hydrogen-bond acceptors (Lipinski definition) is 7. The molecule has 3 aromatic rings. The van der Waals surface area contributed by atoms with Crippen LogP contribution in [-0.2, 0) is 13.7 Å². The van der Waals surface area contributed by atoms with Crippen molar-refractivity contribution in [2.45, 2.75) is 20.5 Å². The minimum Gasteiger partial charge on any atom is -0.489 e. The highest BCUT2D eigenvalue weighted by molar-refractivity contribution is 5.54. The summed E-state index contributed by atoms with van der Waals surface area (Å²) in [5, 5.41) is 9.62. The van der Waals surface area contributed by atoms with Crippen molar-refractivity contribution in [1.82, 2.24) is 30.8 Å². The quantitative estimate of drug-likeness (QED) is 0.694. The highest BCUT2D eigenvalue weighted by Gasteiger charge is 2.14. The van der Waals surface area contributed by atoms with Gasteiger partial charge in [-0.15, -0.1) is 5.53 Å². The van der Waals surface area contributed by atoms with E-state index in [1.54, 1.807) is 7.05 Å². The Kier molecular flexibility index (Phi) is 4.58. The van der Waals surface area contributed by atoms with Gasteiger partial charge in [0.25, 0.3) is 0 Å². The summed E-state index contributed by atoms with van der Waals surface area (Å²) in [7, 11) is 1.57. The van der Waals surface area contributed by atoms with E-state index in [-0.39, 0.29) is 5.69 Å². The largest absolute Gasteiger partial charge is 0.489 e. The van der Waals surface area contributed by atoms with Crippen LogP contribution in [0.3, 0.4) is 0 Å². The van der Waals surface area contributed by atoms with Gasteiger partial charge in [-0.05, 0) is 59.7 Å². The van der Waals surface area contributed by atoms with Crippen LogP contribution in [-0.4, -0.2) is 19.8 Å². The van der Waals surface area contributed by atoms with Gasteiger partial charge < -0.3 is 10.2 Å². The van der Waals surface area contributed by atoms with Crippen molar-refractivity contribution in [2.24, 2.45) is 7.05 Å². The fraction of sp³-hybridized carbons (Fsp3) is 0.211. The second-order valence-corrected chi connectivity index (χ2v) is 6.55. The van der Waals surface area contributed by atoms with Crippen LogP contribution in [0.15, 0.2) is 53.6 Å². The third-order valence-electron chi connectivity index (χ3n) is 4.64. The zero-order valence-electron chi connectivity index (χ0n) is 15.9. The number of hydrazine groups is 2. The number of nitrogens with zero attached hydrogens (tertiary/aromatic N) is 5. The van der Waals surface area contributed by atoms with Gasteiger partial charge in [-0.2, -0.15) is 9.36 Å². The number of tetrazole rings is 1. The molecule has 0 bridgehead atoms. The molecule has 1 aliphatic rings. The number of anilines is 1. The van der Waals surface area contributed by atoms with Gasteiger partial charge in [0.2, 0.25) is 0 Å². The van der Waals surface area contributed by atoms with E-state index >= 15 is 0 Å². The number of aromatic nitrogens is 4. The fourth-order valence-corrected chi connectivity index (χ4v) is 3.04. The second-order valence-electron chi connectivity index (χ2n) is 6.55. The summed E-state index contributed by atoms with van der Waals surface area (Å²) in [4.78, 5) is 12.3. The van der Waals surface area contributed by atoms with Crippen molar-refractivity contribution in [2.75, 3.05) is 5.01 Å². The van der Waals surface area contributed by atoms with E-state index < -0.39 is 0 Å². The lowest BCUT2D eigenvalue weighted by molar-refractivity contribution is 0.302. The third kappa shape index (κ3) is 3.23. The molecule has 2 N–H and O–H groups in total. The molecule has 0 fully saturated rings. The van der Waals surface area contributed by atoms with Crippen molar-refractivity contribution < 1.29 is 4.74 Å². The van der Waals surface area contributed by atoms with Crippen LogP contribution >= 0.6 is 0 Å². The molecule has 0 radical (unpaired) electrons. The topological polar surface area (TPSA) is 89.2 Å². The summed E-state index contributed by atoms with van der Waals surface area (Å²) in [6.45, 7) is 4.30. The summed E-state index contributed by atoms with van der Waals surface area (Å²) in [6.07, 6.45) is 3.71. The molecule has 4 rings (SSSR count). The molecule has 0 unspecified atom stereocenters. The van der Waals surface area contributed by atoms with Crippen molar-refractivity contribution in [3.05, 3.63) is 76.0 Å². The molecule has 0 saturated carbocycles. The lowest BCUT2D eigenvalue weighted by Gasteiger charge is -2.18. The van der Waals surface area contributed by atoms with Crippen molar-refractivity contribution >= 4 is 5.69 Å². The molecule has 28 heavy (non-hydrogen) atoms. The molecule has 0 aliphatic carbocycles. The summed E-state index contributed by atoms with van der Waals surface area (Å²) in [6, 6.07) is 11.7. The van der Waals surface area contributed by atoms with Gasteiger partial charge in [-0.1, -0.05) is 12.1 Å². The van der Waals surface area contributed by atoms with Gasteiger partial charge in [0.05, 0.1) is 11.4 Å². The first-order valence-corrected chi connectivity index (χ1v) is 8.83. The highest BCUT2D eigenvalue weighted by Crippen LogP contribution is 2.26. The number of aryl methyl sites for hydroxylation is 3. The van der Waals surface area contributed by atoms with E-state index in [4.69, 9.17) is 4.74 Å². The van der Waals surface area contributed by atoms with E-state index in [1.807, 2.05) is 67.7 Å². The minimum atomic E-state index is -0.299. The monoisotopic (exact) mass is 379 g/mol. The molecule has 0 saturated heterocycles.